The van der Waals surface area contributed by atoms with E-state index in [9.17, 15) is 14.9 Å². The number of aromatic carboxylic acids is 1. The van der Waals surface area contributed by atoms with Crippen LogP contribution in [0.15, 0.2) is 30.4 Å². The monoisotopic (exact) mass is 256 g/mol. The molecule has 0 fully saturated rings. The van der Waals surface area contributed by atoms with E-state index in [-0.39, 0.29) is 5.56 Å². The molecule has 1 aliphatic carbocycles. The zero-order valence-electron chi connectivity index (χ0n) is 10.3. The number of hydrogen-bond donors (Lipinski definition) is 2. The first-order valence-corrected chi connectivity index (χ1v) is 6.27. The smallest absolute Gasteiger partial charge is 0.522 e. The fourth-order valence-electron chi connectivity index (χ4n) is 2.56. The molecule has 2 aliphatic rings. The predicted molar refractivity (Wildman–Crippen MR) is 72.2 cm³/mol. The van der Waals surface area contributed by atoms with Crippen molar-refractivity contribution in [2.24, 2.45) is 0 Å². The van der Waals surface area contributed by atoms with Gasteiger partial charge in [-0.05, 0) is 35.9 Å². The largest absolute Gasteiger partial charge is 0.535 e. The molecule has 0 unspecified atom stereocenters. The van der Waals surface area contributed by atoms with Gasteiger partial charge in [-0.25, -0.2) is 4.79 Å². The highest BCUT2D eigenvalue weighted by molar-refractivity contribution is 6.44. The minimum Gasteiger partial charge on any atom is -0.535 e. The van der Waals surface area contributed by atoms with Gasteiger partial charge in [-0.1, -0.05) is 30.4 Å². The molecule has 5 heteroatoms. The summed E-state index contributed by atoms with van der Waals surface area (Å²) in [5.74, 6) is -0.703. The van der Waals surface area contributed by atoms with Crippen LogP contribution in [0, 0.1) is 0 Å². The maximum Gasteiger partial charge on any atom is 0.522 e. The van der Waals surface area contributed by atoms with Crippen LogP contribution in [0.5, 0.6) is 5.75 Å². The second-order valence-corrected chi connectivity index (χ2v) is 4.72. The number of hydrogen-bond acceptors (Lipinski definition) is 3. The molecule has 1 aliphatic heterocycles. The summed E-state index contributed by atoms with van der Waals surface area (Å²) in [5.41, 5.74) is 2.64. The highest BCUT2D eigenvalue weighted by Crippen LogP contribution is 2.37. The summed E-state index contributed by atoms with van der Waals surface area (Å²) in [6.45, 7) is 0. The van der Waals surface area contributed by atoms with Gasteiger partial charge in [0.15, 0.2) is 0 Å². The Morgan fingerprint density at radius 1 is 1.37 bits per heavy atom. The van der Waals surface area contributed by atoms with Crippen LogP contribution in [0.25, 0.3) is 5.57 Å². The van der Waals surface area contributed by atoms with E-state index in [1.54, 1.807) is 0 Å². The number of allylic oxidation sites excluding steroid dienone is 4. The first kappa shape index (κ1) is 12.1. The molecule has 19 heavy (non-hydrogen) atoms. The van der Waals surface area contributed by atoms with Gasteiger partial charge in [-0.15, -0.1) is 0 Å². The third-order valence-electron chi connectivity index (χ3n) is 3.48. The molecule has 0 atom stereocenters. The minimum atomic E-state index is -1.02. The van der Waals surface area contributed by atoms with Crippen LogP contribution in [0.2, 0.25) is 6.32 Å². The summed E-state index contributed by atoms with van der Waals surface area (Å²) in [5, 5.41) is 19.0. The summed E-state index contributed by atoms with van der Waals surface area (Å²) < 4.78 is 5.35. The Kier molecular flexibility index (Phi) is 2.91. The zero-order valence-corrected chi connectivity index (χ0v) is 10.3. The van der Waals surface area contributed by atoms with Crippen LogP contribution in [0.1, 0.15) is 27.9 Å². The van der Waals surface area contributed by atoms with Crippen molar-refractivity contribution in [1.29, 1.82) is 0 Å². The van der Waals surface area contributed by atoms with E-state index < -0.39 is 13.1 Å². The molecule has 0 radical (unpaired) electrons. The lowest BCUT2D eigenvalue weighted by atomic mass is 9.77. The lowest BCUT2D eigenvalue weighted by Crippen LogP contribution is -2.28. The number of aryl methyl sites for hydroxylation is 1. The number of fused-ring (bicyclic) bond motifs is 1. The number of benzene rings is 1. The summed E-state index contributed by atoms with van der Waals surface area (Å²) in [7, 11) is -0.920. The summed E-state index contributed by atoms with van der Waals surface area (Å²) in [6, 6.07) is 3.73. The highest BCUT2D eigenvalue weighted by atomic mass is 16.5. The Balaban J connectivity index is 2.16. The number of carboxylic acids is 1. The van der Waals surface area contributed by atoms with Crippen molar-refractivity contribution in [2.75, 3.05) is 0 Å². The van der Waals surface area contributed by atoms with E-state index in [1.165, 1.54) is 0 Å². The second-order valence-electron chi connectivity index (χ2n) is 4.72. The Hall–Kier alpha value is -2.01. The Labute approximate surface area is 111 Å². The Morgan fingerprint density at radius 2 is 2.21 bits per heavy atom. The van der Waals surface area contributed by atoms with E-state index in [0.717, 1.165) is 17.6 Å². The predicted octanol–water partition coefficient (Wildman–Crippen LogP) is 2.14. The van der Waals surface area contributed by atoms with Crippen LogP contribution in [-0.2, 0) is 6.42 Å². The third kappa shape index (κ3) is 2.06. The summed E-state index contributed by atoms with van der Waals surface area (Å²) in [4.78, 5) is 11.5. The zero-order chi connectivity index (χ0) is 13.4. The SMILES string of the molecule is O=C(O)c1c(C2=CC=CC2)ccc2c1OB(O)CC2. The van der Waals surface area contributed by atoms with Crippen molar-refractivity contribution < 1.29 is 19.6 Å². The number of carboxylic acid groups (broad SMARTS) is 1. The van der Waals surface area contributed by atoms with E-state index in [4.69, 9.17) is 4.65 Å². The van der Waals surface area contributed by atoms with Crippen molar-refractivity contribution in [1.82, 2.24) is 0 Å². The molecular weight excluding hydrogens is 243 g/mol. The molecule has 1 heterocycles. The molecule has 1 aromatic carbocycles. The summed E-state index contributed by atoms with van der Waals surface area (Å²) in [6.07, 6.45) is 7.66. The highest BCUT2D eigenvalue weighted by Gasteiger charge is 2.30. The van der Waals surface area contributed by atoms with Crippen LogP contribution in [0.3, 0.4) is 0 Å². The molecule has 0 spiro atoms. The van der Waals surface area contributed by atoms with Crippen LogP contribution >= 0.6 is 0 Å². The van der Waals surface area contributed by atoms with Gasteiger partial charge in [0.1, 0.15) is 11.3 Å². The van der Waals surface area contributed by atoms with Crippen molar-refractivity contribution >= 4 is 18.7 Å². The van der Waals surface area contributed by atoms with Gasteiger partial charge in [0.25, 0.3) is 0 Å². The topological polar surface area (TPSA) is 66.8 Å². The van der Waals surface area contributed by atoms with Gasteiger partial charge < -0.3 is 14.8 Å². The van der Waals surface area contributed by atoms with Crippen LogP contribution < -0.4 is 4.65 Å². The fraction of sp³-hybridized carbons (Fsp3) is 0.214. The molecule has 0 aromatic heterocycles. The molecule has 0 saturated carbocycles. The van der Waals surface area contributed by atoms with Gasteiger partial charge in [0, 0.05) is 0 Å². The number of rotatable bonds is 2. The minimum absolute atomic E-state index is 0.159. The van der Waals surface area contributed by atoms with Gasteiger partial charge in [-0.3, -0.25) is 0 Å². The Morgan fingerprint density at radius 3 is 2.89 bits per heavy atom. The van der Waals surface area contributed by atoms with Gasteiger partial charge in [0.2, 0.25) is 0 Å². The first-order chi connectivity index (χ1) is 9.16. The lowest BCUT2D eigenvalue weighted by molar-refractivity contribution is 0.0694. The van der Waals surface area contributed by atoms with E-state index in [0.29, 0.717) is 24.1 Å². The average Bonchev–Trinajstić information content (AvgIpc) is 2.90. The first-order valence-electron chi connectivity index (χ1n) is 6.27. The quantitative estimate of drug-likeness (QED) is 0.795. The molecule has 3 rings (SSSR count). The molecule has 0 amide bonds. The molecular formula is C14H13BO4. The van der Waals surface area contributed by atoms with Crippen LogP contribution in [0.4, 0.5) is 0 Å². The van der Waals surface area contributed by atoms with Crippen molar-refractivity contribution in [2.45, 2.75) is 19.2 Å². The molecule has 2 N–H and O–H groups in total. The Bertz CT molecular complexity index is 604. The van der Waals surface area contributed by atoms with E-state index in [1.807, 2.05) is 30.4 Å². The van der Waals surface area contributed by atoms with E-state index >= 15 is 0 Å². The van der Waals surface area contributed by atoms with E-state index in [2.05, 4.69) is 0 Å². The molecule has 4 nitrogen and oxygen atoms in total. The normalized spacial score (nSPS) is 16.9. The fourth-order valence-corrected chi connectivity index (χ4v) is 2.56. The maximum atomic E-state index is 11.5. The molecule has 0 bridgehead atoms. The van der Waals surface area contributed by atoms with Crippen molar-refractivity contribution in [3.63, 3.8) is 0 Å². The molecule has 0 saturated heterocycles. The maximum absolute atomic E-state index is 11.5. The van der Waals surface area contributed by atoms with Crippen molar-refractivity contribution in [3.8, 4) is 5.75 Å². The molecule has 96 valence electrons. The number of carbonyl (C=O) groups is 1. The van der Waals surface area contributed by atoms with Gasteiger partial charge in [-0.2, -0.15) is 0 Å². The summed E-state index contributed by atoms with van der Waals surface area (Å²) >= 11 is 0. The van der Waals surface area contributed by atoms with Gasteiger partial charge in [0.05, 0.1) is 0 Å². The van der Waals surface area contributed by atoms with Gasteiger partial charge >= 0.3 is 13.1 Å². The van der Waals surface area contributed by atoms with Crippen molar-refractivity contribution in [3.05, 3.63) is 47.1 Å². The van der Waals surface area contributed by atoms with Crippen LogP contribution in [-0.4, -0.2) is 23.2 Å². The standard InChI is InChI=1S/C14H13BO4/c16-14(17)12-11(9-3-1-2-4-9)6-5-10-7-8-15(18)19-13(10)12/h1-3,5-6,18H,4,7-8H2,(H,16,17). The second kappa shape index (κ2) is 4.59. The third-order valence-corrected chi connectivity index (χ3v) is 3.48. The average molecular weight is 256 g/mol. The molecule has 1 aromatic rings. The lowest BCUT2D eigenvalue weighted by Gasteiger charge is -2.23.